The minimum Gasteiger partial charge on any atom is -0.504 e. The Morgan fingerprint density at radius 1 is 1.21 bits per heavy atom. The van der Waals surface area contributed by atoms with E-state index in [1.165, 1.54) is 26.4 Å². The molecule has 104 valence electrons. The topological polar surface area (TPSA) is 65.0 Å². The van der Waals surface area contributed by atoms with Crippen LogP contribution in [0, 0.1) is 0 Å². The molecule has 0 aromatic heterocycles. The number of carbonyl (C=O) groups is 1. The van der Waals surface area contributed by atoms with Gasteiger partial charge < -0.3 is 19.3 Å². The molecule has 5 nitrogen and oxygen atoms in total. The third-order valence-corrected chi connectivity index (χ3v) is 2.28. The van der Waals surface area contributed by atoms with Gasteiger partial charge >= 0.3 is 5.97 Å². The van der Waals surface area contributed by atoms with Crippen LogP contribution in [0.3, 0.4) is 0 Å². The smallest absolute Gasteiger partial charge is 0.331 e. The van der Waals surface area contributed by atoms with Gasteiger partial charge in [0.05, 0.1) is 20.3 Å². The third-order valence-electron chi connectivity index (χ3n) is 2.28. The number of ether oxygens (including phenoxy) is 3. The van der Waals surface area contributed by atoms with Gasteiger partial charge in [0.15, 0.2) is 11.5 Å². The van der Waals surface area contributed by atoms with Crippen molar-refractivity contribution < 1.29 is 24.1 Å². The molecule has 0 radical (unpaired) electrons. The molecular formula is C14H18O5. The van der Waals surface area contributed by atoms with Crippen LogP contribution in [-0.2, 0) is 9.53 Å². The van der Waals surface area contributed by atoms with E-state index in [9.17, 15) is 9.90 Å². The summed E-state index contributed by atoms with van der Waals surface area (Å²) in [7, 11) is 2.89. The van der Waals surface area contributed by atoms with Crippen molar-refractivity contribution in [2.24, 2.45) is 0 Å². The summed E-state index contributed by atoms with van der Waals surface area (Å²) >= 11 is 0. The van der Waals surface area contributed by atoms with E-state index in [0.717, 1.165) is 0 Å². The lowest BCUT2D eigenvalue weighted by Crippen LogP contribution is -2.08. The van der Waals surface area contributed by atoms with Crippen molar-refractivity contribution in [2.45, 2.75) is 20.0 Å². The van der Waals surface area contributed by atoms with Gasteiger partial charge in [-0.25, -0.2) is 4.79 Å². The van der Waals surface area contributed by atoms with E-state index in [0.29, 0.717) is 11.3 Å². The van der Waals surface area contributed by atoms with Crippen molar-refractivity contribution in [1.82, 2.24) is 0 Å². The van der Waals surface area contributed by atoms with Gasteiger partial charge in [-0.05, 0) is 32.1 Å². The molecule has 0 aliphatic rings. The Hall–Kier alpha value is -2.17. The largest absolute Gasteiger partial charge is 0.504 e. The number of benzene rings is 1. The molecule has 0 atom stereocenters. The molecule has 1 aromatic rings. The van der Waals surface area contributed by atoms with Gasteiger partial charge in [-0.1, -0.05) is 0 Å². The number of phenols is 1. The molecule has 0 spiro atoms. The molecule has 0 amide bonds. The standard InChI is InChI=1S/C14H18O5/c1-9(2)19-12(16)8-6-10-5-7-11(15)14(18-4)13(10)17-3/h5-9,15H,1-4H3. The predicted molar refractivity (Wildman–Crippen MR) is 71.5 cm³/mol. The second kappa shape index (κ2) is 6.68. The average molecular weight is 266 g/mol. The zero-order valence-electron chi connectivity index (χ0n) is 11.5. The van der Waals surface area contributed by atoms with Crippen LogP contribution in [-0.4, -0.2) is 31.4 Å². The van der Waals surface area contributed by atoms with Crippen molar-refractivity contribution in [2.75, 3.05) is 14.2 Å². The zero-order chi connectivity index (χ0) is 14.4. The van der Waals surface area contributed by atoms with Crippen LogP contribution >= 0.6 is 0 Å². The molecule has 0 aliphatic carbocycles. The minimum absolute atomic E-state index is 0.0266. The number of aromatic hydroxyl groups is 1. The molecule has 5 heteroatoms. The van der Waals surface area contributed by atoms with E-state index in [4.69, 9.17) is 14.2 Å². The van der Waals surface area contributed by atoms with Crippen LogP contribution in [0.1, 0.15) is 19.4 Å². The molecular weight excluding hydrogens is 248 g/mol. The third kappa shape index (κ3) is 3.91. The Morgan fingerprint density at radius 2 is 1.84 bits per heavy atom. The quantitative estimate of drug-likeness (QED) is 0.654. The monoisotopic (exact) mass is 266 g/mol. The highest BCUT2D eigenvalue weighted by Crippen LogP contribution is 2.39. The fourth-order valence-electron chi connectivity index (χ4n) is 1.54. The second-order valence-electron chi connectivity index (χ2n) is 4.06. The number of phenolic OH excluding ortho intramolecular Hbond substituents is 1. The lowest BCUT2D eigenvalue weighted by atomic mass is 10.1. The number of esters is 1. The fourth-order valence-corrected chi connectivity index (χ4v) is 1.54. The van der Waals surface area contributed by atoms with E-state index in [2.05, 4.69) is 0 Å². The van der Waals surface area contributed by atoms with Gasteiger partial charge in [0.2, 0.25) is 5.75 Å². The summed E-state index contributed by atoms with van der Waals surface area (Å²) in [5, 5.41) is 9.62. The molecule has 1 N–H and O–H groups in total. The lowest BCUT2D eigenvalue weighted by molar-refractivity contribution is -0.141. The summed E-state index contributed by atoms with van der Waals surface area (Å²) in [6, 6.07) is 3.09. The van der Waals surface area contributed by atoms with Gasteiger partial charge in [-0.2, -0.15) is 0 Å². The van der Waals surface area contributed by atoms with Crippen LogP contribution in [0.5, 0.6) is 17.2 Å². The van der Waals surface area contributed by atoms with Crippen LogP contribution in [0.25, 0.3) is 6.08 Å². The van der Waals surface area contributed by atoms with Crippen LogP contribution in [0.2, 0.25) is 0 Å². The molecule has 0 bridgehead atoms. The zero-order valence-corrected chi connectivity index (χ0v) is 11.5. The van der Waals surface area contributed by atoms with Crippen LogP contribution in [0.15, 0.2) is 18.2 Å². The highest BCUT2D eigenvalue weighted by Gasteiger charge is 2.13. The van der Waals surface area contributed by atoms with Crippen molar-refractivity contribution in [3.05, 3.63) is 23.8 Å². The minimum atomic E-state index is -0.441. The van der Waals surface area contributed by atoms with Crippen molar-refractivity contribution in [1.29, 1.82) is 0 Å². The Bertz CT molecular complexity index is 477. The van der Waals surface area contributed by atoms with Gasteiger partial charge in [-0.3, -0.25) is 0 Å². The maximum absolute atomic E-state index is 11.4. The van der Waals surface area contributed by atoms with Crippen molar-refractivity contribution >= 4 is 12.0 Å². The number of methoxy groups -OCH3 is 2. The average Bonchev–Trinajstić information content (AvgIpc) is 2.35. The first-order valence-corrected chi connectivity index (χ1v) is 5.82. The highest BCUT2D eigenvalue weighted by atomic mass is 16.5. The Balaban J connectivity index is 3.01. The van der Waals surface area contributed by atoms with E-state index < -0.39 is 5.97 Å². The molecule has 0 saturated carbocycles. The van der Waals surface area contributed by atoms with Crippen molar-refractivity contribution in [3.63, 3.8) is 0 Å². The highest BCUT2D eigenvalue weighted by molar-refractivity contribution is 5.88. The molecule has 0 saturated heterocycles. The first-order valence-electron chi connectivity index (χ1n) is 5.82. The summed E-state index contributed by atoms with van der Waals surface area (Å²) in [5.41, 5.74) is 0.609. The van der Waals surface area contributed by atoms with Crippen LogP contribution in [0.4, 0.5) is 0 Å². The molecule has 19 heavy (non-hydrogen) atoms. The maximum Gasteiger partial charge on any atom is 0.331 e. The number of hydrogen-bond acceptors (Lipinski definition) is 5. The summed E-state index contributed by atoms with van der Waals surface area (Å²) in [5.74, 6) is 0.114. The Kier molecular flexibility index (Phi) is 5.23. The second-order valence-corrected chi connectivity index (χ2v) is 4.06. The summed E-state index contributed by atoms with van der Waals surface area (Å²) in [6.07, 6.45) is 2.67. The van der Waals surface area contributed by atoms with Crippen molar-refractivity contribution in [3.8, 4) is 17.2 Å². The normalized spacial score (nSPS) is 10.8. The number of hydrogen-bond donors (Lipinski definition) is 1. The van der Waals surface area contributed by atoms with E-state index in [1.54, 1.807) is 26.0 Å². The van der Waals surface area contributed by atoms with Crippen LogP contribution < -0.4 is 9.47 Å². The van der Waals surface area contributed by atoms with Gasteiger partial charge in [0, 0.05) is 11.6 Å². The summed E-state index contributed by atoms with van der Waals surface area (Å²) < 4.78 is 15.2. The van der Waals surface area contributed by atoms with E-state index in [-0.39, 0.29) is 17.6 Å². The molecule has 0 aliphatic heterocycles. The molecule has 0 unspecified atom stereocenters. The number of rotatable bonds is 5. The number of carbonyl (C=O) groups excluding carboxylic acids is 1. The fraction of sp³-hybridized carbons (Fsp3) is 0.357. The first-order chi connectivity index (χ1) is 8.99. The molecule has 0 fully saturated rings. The summed E-state index contributed by atoms with van der Waals surface area (Å²) in [6.45, 7) is 3.55. The van der Waals surface area contributed by atoms with Gasteiger partial charge in [0.1, 0.15) is 0 Å². The lowest BCUT2D eigenvalue weighted by Gasteiger charge is -2.11. The molecule has 0 heterocycles. The molecule has 1 rings (SSSR count). The predicted octanol–water partition coefficient (Wildman–Crippen LogP) is 2.37. The Labute approximate surface area is 112 Å². The van der Waals surface area contributed by atoms with E-state index >= 15 is 0 Å². The molecule has 1 aromatic carbocycles. The SMILES string of the molecule is COc1c(O)ccc(C=CC(=O)OC(C)C)c1OC. The Morgan fingerprint density at radius 3 is 2.37 bits per heavy atom. The first kappa shape index (κ1) is 14.9. The van der Waals surface area contributed by atoms with E-state index in [1.807, 2.05) is 0 Å². The maximum atomic E-state index is 11.4. The summed E-state index contributed by atoms with van der Waals surface area (Å²) in [4.78, 5) is 11.4. The van der Waals surface area contributed by atoms with Gasteiger partial charge in [-0.15, -0.1) is 0 Å². The van der Waals surface area contributed by atoms with Gasteiger partial charge in [0.25, 0.3) is 0 Å².